The maximum Gasteiger partial charge on any atom is 0.317 e. The number of hydrogen-bond acceptors (Lipinski definition) is 3. The standard InChI is InChI=1S/C8H16N2O3S/c1-10(2)8(11)9-7-4-3-5-14(12,13)6-7/h7H,3-6H2,1-2H3,(H,9,11). The van der Waals surface area contributed by atoms with Crippen LogP contribution in [0.2, 0.25) is 0 Å². The summed E-state index contributed by atoms with van der Waals surface area (Å²) >= 11 is 0. The van der Waals surface area contributed by atoms with Crippen LogP contribution < -0.4 is 5.32 Å². The molecule has 0 aliphatic carbocycles. The van der Waals surface area contributed by atoms with E-state index in [4.69, 9.17) is 0 Å². The molecule has 1 rings (SSSR count). The van der Waals surface area contributed by atoms with Gasteiger partial charge >= 0.3 is 6.03 Å². The normalized spacial score (nSPS) is 25.4. The van der Waals surface area contributed by atoms with Crippen molar-refractivity contribution in [2.45, 2.75) is 18.9 Å². The van der Waals surface area contributed by atoms with Crippen LogP contribution in [0.25, 0.3) is 0 Å². The zero-order chi connectivity index (χ0) is 10.8. The summed E-state index contributed by atoms with van der Waals surface area (Å²) in [4.78, 5) is 12.6. The zero-order valence-corrected chi connectivity index (χ0v) is 9.30. The van der Waals surface area contributed by atoms with Crippen LogP contribution in [0.3, 0.4) is 0 Å². The van der Waals surface area contributed by atoms with Gasteiger partial charge in [-0.15, -0.1) is 0 Å². The molecule has 1 aliphatic rings. The second-order valence-electron chi connectivity index (χ2n) is 3.80. The molecule has 0 bridgehead atoms. The molecule has 1 atom stereocenters. The Morgan fingerprint density at radius 3 is 2.57 bits per heavy atom. The zero-order valence-electron chi connectivity index (χ0n) is 8.49. The van der Waals surface area contributed by atoms with Gasteiger partial charge in [0, 0.05) is 20.1 Å². The van der Waals surface area contributed by atoms with E-state index >= 15 is 0 Å². The fourth-order valence-electron chi connectivity index (χ4n) is 1.44. The summed E-state index contributed by atoms with van der Waals surface area (Å²) < 4.78 is 22.5. The van der Waals surface area contributed by atoms with Gasteiger partial charge in [-0.2, -0.15) is 0 Å². The second kappa shape index (κ2) is 4.16. The summed E-state index contributed by atoms with van der Waals surface area (Å²) in [7, 11) is 0.327. The Balaban J connectivity index is 2.50. The molecule has 2 amide bonds. The van der Waals surface area contributed by atoms with Gasteiger partial charge in [0.15, 0.2) is 9.84 Å². The molecule has 0 saturated carbocycles. The van der Waals surface area contributed by atoms with Crippen molar-refractivity contribution in [1.82, 2.24) is 10.2 Å². The quantitative estimate of drug-likeness (QED) is 0.667. The highest BCUT2D eigenvalue weighted by Gasteiger charge is 2.25. The first-order chi connectivity index (χ1) is 6.41. The smallest absolute Gasteiger partial charge is 0.317 e. The third kappa shape index (κ3) is 3.17. The molecule has 6 heteroatoms. The van der Waals surface area contributed by atoms with Gasteiger partial charge in [-0.1, -0.05) is 0 Å². The van der Waals surface area contributed by atoms with E-state index in [9.17, 15) is 13.2 Å². The van der Waals surface area contributed by atoms with Gasteiger partial charge < -0.3 is 10.2 Å². The Labute approximate surface area is 84.4 Å². The van der Waals surface area contributed by atoms with Gasteiger partial charge in [-0.25, -0.2) is 13.2 Å². The Morgan fingerprint density at radius 1 is 1.43 bits per heavy atom. The number of urea groups is 1. The summed E-state index contributed by atoms with van der Waals surface area (Å²) in [6, 6.07) is -0.448. The lowest BCUT2D eigenvalue weighted by atomic mass is 10.2. The largest absolute Gasteiger partial charge is 0.334 e. The van der Waals surface area contributed by atoms with Crippen molar-refractivity contribution < 1.29 is 13.2 Å². The molecule has 0 aromatic carbocycles. The number of hydrogen-bond donors (Lipinski definition) is 1. The summed E-state index contributed by atoms with van der Waals surface area (Å²) in [6.07, 6.45) is 1.39. The SMILES string of the molecule is CN(C)C(=O)NC1CCCS(=O)(=O)C1. The van der Waals surface area contributed by atoms with Crippen molar-refractivity contribution in [3.05, 3.63) is 0 Å². The predicted molar refractivity (Wildman–Crippen MR) is 53.9 cm³/mol. The lowest BCUT2D eigenvalue weighted by Gasteiger charge is -2.24. The van der Waals surface area contributed by atoms with Gasteiger partial charge in [0.1, 0.15) is 0 Å². The number of nitrogens with zero attached hydrogens (tertiary/aromatic N) is 1. The van der Waals surface area contributed by atoms with Crippen LogP contribution in [-0.4, -0.2) is 51.0 Å². The Hall–Kier alpha value is -0.780. The molecule has 1 fully saturated rings. The van der Waals surface area contributed by atoms with Crippen LogP contribution in [0.5, 0.6) is 0 Å². The molecule has 82 valence electrons. The van der Waals surface area contributed by atoms with Crippen LogP contribution in [0.1, 0.15) is 12.8 Å². The molecular formula is C8H16N2O3S. The van der Waals surface area contributed by atoms with Gasteiger partial charge in [0.05, 0.1) is 11.5 Å². The third-order valence-electron chi connectivity index (χ3n) is 2.20. The Bertz CT molecular complexity index is 311. The summed E-state index contributed by atoms with van der Waals surface area (Å²) in [5.41, 5.74) is 0. The molecule has 1 heterocycles. The van der Waals surface area contributed by atoms with Crippen LogP contribution in [0.15, 0.2) is 0 Å². The van der Waals surface area contributed by atoms with E-state index in [1.165, 1.54) is 4.90 Å². The third-order valence-corrected chi connectivity index (χ3v) is 4.02. The van der Waals surface area contributed by atoms with E-state index < -0.39 is 9.84 Å². The maximum atomic E-state index is 11.2. The Kier molecular flexibility index (Phi) is 3.36. The number of sulfone groups is 1. The maximum absolute atomic E-state index is 11.2. The van der Waals surface area contributed by atoms with Crippen LogP contribution in [-0.2, 0) is 9.84 Å². The van der Waals surface area contributed by atoms with Gasteiger partial charge in [0.2, 0.25) is 0 Å². The van der Waals surface area contributed by atoms with Crippen molar-refractivity contribution in [3.8, 4) is 0 Å². The fourth-order valence-corrected chi connectivity index (χ4v) is 3.08. The van der Waals surface area contributed by atoms with Crippen molar-refractivity contribution in [1.29, 1.82) is 0 Å². The van der Waals surface area contributed by atoms with E-state index in [2.05, 4.69) is 5.32 Å². The molecule has 1 aliphatic heterocycles. The lowest BCUT2D eigenvalue weighted by molar-refractivity contribution is 0.213. The van der Waals surface area contributed by atoms with Crippen molar-refractivity contribution in [2.24, 2.45) is 0 Å². The van der Waals surface area contributed by atoms with E-state index in [-0.39, 0.29) is 23.6 Å². The molecule has 1 unspecified atom stereocenters. The topological polar surface area (TPSA) is 66.5 Å². The molecule has 0 aromatic heterocycles. The molecular weight excluding hydrogens is 204 g/mol. The minimum atomic E-state index is -2.94. The number of amides is 2. The highest BCUT2D eigenvalue weighted by Crippen LogP contribution is 2.11. The molecule has 14 heavy (non-hydrogen) atoms. The van der Waals surface area contributed by atoms with Crippen LogP contribution in [0, 0.1) is 0 Å². The van der Waals surface area contributed by atoms with E-state index in [0.717, 1.165) is 6.42 Å². The highest BCUT2D eigenvalue weighted by atomic mass is 32.2. The lowest BCUT2D eigenvalue weighted by Crippen LogP contribution is -2.46. The summed E-state index contributed by atoms with van der Waals surface area (Å²) in [5.74, 6) is 0.327. The van der Waals surface area contributed by atoms with Gasteiger partial charge in [-0.05, 0) is 12.8 Å². The first kappa shape index (κ1) is 11.3. The second-order valence-corrected chi connectivity index (χ2v) is 6.03. The number of carbonyl (C=O) groups is 1. The number of carbonyl (C=O) groups excluding carboxylic acids is 1. The van der Waals surface area contributed by atoms with E-state index in [0.29, 0.717) is 6.42 Å². The average Bonchev–Trinajstić information content (AvgIpc) is 2.01. The summed E-state index contributed by atoms with van der Waals surface area (Å²) in [5, 5.41) is 2.68. The molecule has 5 nitrogen and oxygen atoms in total. The highest BCUT2D eigenvalue weighted by molar-refractivity contribution is 7.91. The van der Waals surface area contributed by atoms with Gasteiger partial charge in [-0.3, -0.25) is 0 Å². The fraction of sp³-hybridized carbons (Fsp3) is 0.875. The Morgan fingerprint density at radius 2 is 2.07 bits per heavy atom. The van der Waals surface area contributed by atoms with E-state index in [1.807, 2.05) is 0 Å². The minimum Gasteiger partial charge on any atom is -0.334 e. The van der Waals surface area contributed by atoms with Crippen molar-refractivity contribution in [2.75, 3.05) is 25.6 Å². The first-order valence-corrected chi connectivity index (χ1v) is 6.41. The molecule has 1 N–H and O–H groups in total. The van der Waals surface area contributed by atoms with E-state index in [1.54, 1.807) is 14.1 Å². The average molecular weight is 220 g/mol. The molecule has 0 aromatic rings. The monoisotopic (exact) mass is 220 g/mol. The number of nitrogens with one attached hydrogen (secondary N) is 1. The summed E-state index contributed by atoms with van der Waals surface area (Å²) in [6.45, 7) is 0. The van der Waals surface area contributed by atoms with Crippen molar-refractivity contribution in [3.63, 3.8) is 0 Å². The van der Waals surface area contributed by atoms with Crippen LogP contribution >= 0.6 is 0 Å². The molecule has 0 spiro atoms. The number of rotatable bonds is 1. The van der Waals surface area contributed by atoms with Gasteiger partial charge in [0.25, 0.3) is 0 Å². The molecule has 1 saturated heterocycles. The predicted octanol–water partition coefficient (Wildman–Crippen LogP) is -0.165. The molecule has 0 radical (unpaired) electrons. The van der Waals surface area contributed by atoms with Crippen LogP contribution in [0.4, 0.5) is 4.79 Å². The minimum absolute atomic E-state index is 0.0760. The first-order valence-electron chi connectivity index (χ1n) is 4.59. The van der Waals surface area contributed by atoms with Crippen molar-refractivity contribution >= 4 is 15.9 Å².